The molecule has 0 aliphatic carbocycles. The van der Waals surface area contributed by atoms with Crippen LogP contribution in [0.25, 0.3) is 0 Å². The highest BCUT2D eigenvalue weighted by molar-refractivity contribution is 6.31. The largest absolute Gasteiger partial charge is 0.508 e. The summed E-state index contributed by atoms with van der Waals surface area (Å²) in [7, 11) is 1.32. The number of phenols is 1. The molecule has 2 aromatic carbocycles. The SMILES string of the molecule is COC(=O)c1ccccc1CNC(=O)CCc1ccc(O)cc1Cl. The second kappa shape index (κ2) is 8.36. The lowest BCUT2D eigenvalue weighted by Crippen LogP contribution is -2.24. The van der Waals surface area contributed by atoms with Gasteiger partial charge in [0.1, 0.15) is 5.75 Å². The first-order valence-electron chi connectivity index (χ1n) is 7.41. The summed E-state index contributed by atoms with van der Waals surface area (Å²) in [6, 6.07) is 11.6. The maximum atomic E-state index is 12.0. The van der Waals surface area contributed by atoms with Crippen LogP contribution in [0.1, 0.15) is 27.9 Å². The van der Waals surface area contributed by atoms with E-state index in [9.17, 15) is 14.7 Å². The summed E-state index contributed by atoms with van der Waals surface area (Å²) in [6.45, 7) is 0.243. The topological polar surface area (TPSA) is 75.6 Å². The summed E-state index contributed by atoms with van der Waals surface area (Å²) in [4.78, 5) is 23.7. The Hall–Kier alpha value is -2.53. The monoisotopic (exact) mass is 347 g/mol. The molecule has 0 aliphatic rings. The van der Waals surface area contributed by atoms with Crippen LogP contribution in [0.15, 0.2) is 42.5 Å². The normalized spacial score (nSPS) is 10.2. The van der Waals surface area contributed by atoms with Gasteiger partial charge in [-0.3, -0.25) is 4.79 Å². The molecule has 0 saturated heterocycles. The average molecular weight is 348 g/mol. The van der Waals surface area contributed by atoms with E-state index in [2.05, 4.69) is 5.32 Å². The van der Waals surface area contributed by atoms with Gasteiger partial charge in [-0.2, -0.15) is 0 Å². The third-order valence-corrected chi connectivity index (χ3v) is 3.91. The number of rotatable bonds is 6. The second-order valence-electron chi connectivity index (χ2n) is 5.20. The number of phenolic OH excluding ortho intramolecular Hbond substituents is 1. The van der Waals surface area contributed by atoms with Gasteiger partial charge in [-0.25, -0.2) is 4.79 Å². The van der Waals surface area contributed by atoms with Crippen LogP contribution < -0.4 is 5.32 Å². The lowest BCUT2D eigenvalue weighted by atomic mass is 10.1. The van der Waals surface area contributed by atoms with Gasteiger partial charge in [0.25, 0.3) is 0 Å². The highest BCUT2D eigenvalue weighted by Gasteiger charge is 2.12. The number of amides is 1. The van der Waals surface area contributed by atoms with Gasteiger partial charge in [0, 0.05) is 18.0 Å². The summed E-state index contributed by atoms with van der Waals surface area (Å²) < 4.78 is 4.73. The van der Waals surface area contributed by atoms with Crippen molar-refractivity contribution in [1.29, 1.82) is 0 Å². The molecule has 0 saturated carbocycles. The highest BCUT2D eigenvalue weighted by Crippen LogP contribution is 2.22. The molecular weight excluding hydrogens is 330 g/mol. The van der Waals surface area contributed by atoms with Crippen LogP contribution in [0, 0.1) is 0 Å². The number of benzene rings is 2. The van der Waals surface area contributed by atoms with Crippen LogP contribution in [0.5, 0.6) is 5.75 Å². The van der Waals surface area contributed by atoms with Crippen molar-refractivity contribution < 1.29 is 19.4 Å². The third kappa shape index (κ3) is 4.73. The zero-order chi connectivity index (χ0) is 17.5. The Morgan fingerprint density at radius 1 is 1.17 bits per heavy atom. The molecule has 0 heterocycles. The maximum Gasteiger partial charge on any atom is 0.338 e. The Bertz CT molecular complexity index is 746. The minimum Gasteiger partial charge on any atom is -0.508 e. The Labute approximate surface area is 145 Å². The number of ether oxygens (including phenoxy) is 1. The zero-order valence-electron chi connectivity index (χ0n) is 13.2. The van der Waals surface area contributed by atoms with Crippen molar-refractivity contribution in [3.05, 3.63) is 64.2 Å². The van der Waals surface area contributed by atoms with Crippen molar-refractivity contribution in [2.24, 2.45) is 0 Å². The van der Waals surface area contributed by atoms with E-state index in [1.54, 1.807) is 30.3 Å². The van der Waals surface area contributed by atoms with E-state index >= 15 is 0 Å². The van der Waals surface area contributed by atoms with Gasteiger partial charge < -0.3 is 15.2 Å². The first kappa shape index (κ1) is 17.8. The van der Waals surface area contributed by atoms with Crippen molar-refractivity contribution in [3.63, 3.8) is 0 Å². The first-order chi connectivity index (χ1) is 11.5. The molecule has 6 heteroatoms. The number of nitrogens with one attached hydrogen (secondary N) is 1. The number of halogens is 1. The van der Waals surface area contributed by atoms with E-state index in [0.717, 1.165) is 5.56 Å². The Balaban J connectivity index is 1.91. The predicted octanol–water partition coefficient (Wildman–Crippen LogP) is 3.08. The fourth-order valence-electron chi connectivity index (χ4n) is 2.25. The van der Waals surface area contributed by atoms with Crippen LogP contribution in [-0.4, -0.2) is 24.1 Å². The maximum absolute atomic E-state index is 12.0. The van der Waals surface area contributed by atoms with E-state index in [1.165, 1.54) is 19.2 Å². The average Bonchev–Trinajstić information content (AvgIpc) is 2.58. The fraction of sp³-hybridized carbons (Fsp3) is 0.222. The number of esters is 1. The number of carbonyl (C=O) groups excluding carboxylic acids is 2. The van der Waals surface area contributed by atoms with Gasteiger partial charge in [-0.1, -0.05) is 35.9 Å². The smallest absolute Gasteiger partial charge is 0.338 e. The van der Waals surface area contributed by atoms with Crippen molar-refractivity contribution in [2.45, 2.75) is 19.4 Å². The molecule has 24 heavy (non-hydrogen) atoms. The molecule has 126 valence electrons. The molecule has 0 aromatic heterocycles. The van der Waals surface area contributed by atoms with Crippen LogP contribution in [0.3, 0.4) is 0 Å². The molecule has 2 N–H and O–H groups in total. The molecule has 0 fully saturated rings. The predicted molar refractivity (Wildman–Crippen MR) is 91.1 cm³/mol. The van der Waals surface area contributed by atoms with Crippen LogP contribution >= 0.6 is 11.6 Å². The molecule has 0 aliphatic heterocycles. The van der Waals surface area contributed by atoms with Crippen molar-refractivity contribution in [2.75, 3.05) is 7.11 Å². The fourth-order valence-corrected chi connectivity index (χ4v) is 2.52. The number of methoxy groups -OCH3 is 1. The van der Waals surface area contributed by atoms with Gasteiger partial charge in [0.15, 0.2) is 0 Å². The molecular formula is C18H18ClNO4. The molecule has 0 unspecified atom stereocenters. The van der Waals surface area contributed by atoms with Crippen molar-refractivity contribution in [1.82, 2.24) is 5.32 Å². The van der Waals surface area contributed by atoms with Crippen LogP contribution in [0.2, 0.25) is 5.02 Å². The van der Waals surface area contributed by atoms with E-state index in [4.69, 9.17) is 16.3 Å². The van der Waals surface area contributed by atoms with Crippen molar-refractivity contribution >= 4 is 23.5 Å². The van der Waals surface area contributed by atoms with E-state index in [0.29, 0.717) is 22.6 Å². The molecule has 0 radical (unpaired) electrons. The third-order valence-electron chi connectivity index (χ3n) is 3.56. The minimum absolute atomic E-state index is 0.0904. The number of hydrogen-bond donors (Lipinski definition) is 2. The summed E-state index contributed by atoms with van der Waals surface area (Å²) >= 11 is 6.01. The van der Waals surface area contributed by atoms with E-state index in [-0.39, 0.29) is 24.6 Å². The number of hydrogen-bond acceptors (Lipinski definition) is 4. The Morgan fingerprint density at radius 3 is 2.62 bits per heavy atom. The number of aryl methyl sites for hydroxylation is 1. The Kier molecular flexibility index (Phi) is 6.21. The van der Waals surface area contributed by atoms with Gasteiger partial charge in [-0.15, -0.1) is 0 Å². The van der Waals surface area contributed by atoms with Gasteiger partial charge in [0.2, 0.25) is 5.91 Å². The van der Waals surface area contributed by atoms with Gasteiger partial charge in [-0.05, 0) is 35.7 Å². The molecule has 2 aromatic rings. The van der Waals surface area contributed by atoms with Crippen LogP contribution in [0.4, 0.5) is 0 Å². The minimum atomic E-state index is -0.435. The molecule has 0 spiro atoms. The quantitative estimate of drug-likeness (QED) is 0.787. The van der Waals surface area contributed by atoms with E-state index in [1.807, 2.05) is 0 Å². The summed E-state index contributed by atoms with van der Waals surface area (Å²) in [5, 5.41) is 12.5. The zero-order valence-corrected chi connectivity index (χ0v) is 14.0. The lowest BCUT2D eigenvalue weighted by Gasteiger charge is -2.10. The van der Waals surface area contributed by atoms with Gasteiger partial charge in [0.05, 0.1) is 12.7 Å². The molecule has 0 bridgehead atoms. The Morgan fingerprint density at radius 2 is 1.92 bits per heavy atom. The van der Waals surface area contributed by atoms with Gasteiger partial charge >= 0.3 is 5.97 Å². The second-order valence-corrected chi connectivity index (χ2v) is 5.61. The number of carbonyl (C=O) groups is 2. The van der Waals surface area contributed by atoms with E-state index < -0.39 is 5.97 Å². The molecule has 5 nitrogen and oxygen atoms in total. The lowest BCUT2D eigenvalue weighted by molar-refractivity contribution is -0.121. The summed E-state index contributed by atoms with van der Waals surface area (Å²) in [5.74, 6) is -0.498. The summed E-state index contributed by atoms with van der Waals surface area (Å²) in [5.41, 5.74) is 1.92. The van der Waals surface area contributed by atoms with Crippen molar-refractivity contribution in [3.8, 4) is 5.75 Å². The number of aromatic hydroxyl groups is 1. The first-order valence-corrected chi connectivity index (χ1v) is 7.79. The standard InChI is InChI=1S/C18H18ClNO4/c1-24-18(23)15-5-3-2-4-13(15)11-20-17(22)9-7-12-6-8-14(21)10-16(12)19/h2-6,8,10,21H,7,9,11H2,1H3,(H,20,22). The molecule has 2 rings (SSSR count). The highest BCUT2D eigenvalue weighted by atomic mass is 35.5. The molecule has 0 atom stereocenters. The molecule has 1 amide bonds. The summed E-state index contributed by atoms with van der Waals surface area (Å²) in [6.07, 6.45) is 0.717. The van der Waals surface area contributed by atoms with Crippen LogP contribution in [-0.2, 0) is 22.5 Å².